The lowest BCUT2D eigenvalue weighted by molar-refractivity contribution is -0.142. The molecular weight excluding hydrogens is 380 g/mol. The van der Waals surface area contributed by atoms with Gasteiger partial charge >= 0.3 is 5.97 Å². The summed E-state index contributed by atoms with van der Waals surface area (Å²) in [5, 5.41) is 10.4. The zero-order chi connectivity index (χ0) is 19.4. The van der Waals surface area contributed by atoms with Crippen LogP contribution in [-0.4, -0.2) is 48.4 Å². The molecule has 1 aromatic carbocycles. The lowest BCUT2D eigenvalue weighted by atomic mass is 9.90. The summed E-state index contributed by atoms with van der Waals surface area (Å²) in [6, 6.07) is 7.70. The standard InChI is InChI=1S/C20H26N4O3.ClH/c1-13-4-6-14(7-5-13)17(20(26)27-3)11-22-19(25)18-10-21-9-16(18)15-8-23-24(2)12-15;/h4-8,12,16-18,21H,9-11H2,1-3H3,(H,22,25);1H/t16-,17?,18+;/m1./s1. The van der Waals surface area contributed by atoms with Gasteiger partial charge in [-0.15, -0.1) is 12.4 Å². The molecule has 152 valence electrons. The van der Waals surface area contributed by atoms with Gasteiger partial charge in [0.2, 0.25) is 5.91 Å². The van der Waals surface area contributed by atoms with Crippen LogP contribution in [0.3, 0.4) is 0 Å². The van der Waals surface area contributed by atoms with Crippen LogP contribution < -0.4 is 10.6 Å². The zero-order valence-electron chi connectivity index (χ0n) is 16.3. The van der Waals surface area contributed by atoms with Gasteiger partial charge in [0.25, 0.3) is 0 Å². The largest absolute Gasteiger partial charge is 0.468 e. The van der Waals surface area contributed by atoms with Crippen molar-refractivity contribution >= 4 is 24.3 Å². The summed E-state index contributed by atoms with van der Waals surface area (Å²) < 4.78 is 6.68. The van der Waals surface area contributed by atoms with Crippen LogP contribution in [0.15, 0.2) is 36.7 Å². The number of halogens is 1. The summed E-state index contributed by atoms with van der Waals surface area (Å²) in [7, 11) is 3.23. The molecule has 1 unspecified atom stereocenters. The van der Waals surface area contributed by atoms with Crippen LogP contribution >= 0.6 is 12.4 Å². The molecule has 8 heteroatoms. The van der Waals surface area contributed by atoms with Gasteiger partial charge in [0.15, 0.2) is 0 Å². The quantitative estimate of drug-likeness (QED) is 0.710. The van der Waals surface area contributed by atoms with Gasteiger partial charge in [-0.2, -0.15) is 5.10 Å². The summed E-state index contributed by atoms with van der Waals surface area (Å²) in [5.74, 6) is -1.05. The van der Waals surface area contributed by atoms with Crippen LogP contribution in [0.1, 0.15) is 28.5 Å². The number of esters is 1. The second-order valence-electron chi connectivity index (χ2n) is 7.05. The minimum Gasteiger partial charge on any atom is -0.468 e. The van der Waals surface area contributed by atoms with E-state index in [0.717, 1.165) is 23.2 Å². The number of methoxy groups -OCH3 is 1. The average Bonchev–Trinajstić information content (AvgIpc) is 3.31. The molecule has 1 amide bonds. The minimum atomic E-state index is -0.522. The van der Waals surface area contributed by atoms with Crippen molar-refractivity contribution in [2.24, 2.45) is 13.0 Å². The van der Waals surface area contributed by atoms with Crippen LogP contribution in [-0.2, 0) is 21.4 Å². The van der Waals surface area contributed by atoms with Crippen LogP contribution in [0.2, 0.25) is 0 Å². The molecule has 3 atom stereocenters. The van der Waals surface area contributed by atoms with Crippen molar-refractivity contribution in [2.45, 2.75) is 18.8 Å². The third-order valence-corrected chi connectivity index (χ3v) is 5.15. The Morgan fingerprint density at radius 2 is 2.04 bits per heavy atom. The van der Waals surface area contributed by atoms with E-state index in [1.165, 1.54) is 7.11 Å². The minimum absolute atomic E-state index is 0. The fraction of sp³-hybridized carbons (Fsp3) is 0.450. The van der Waals surface area contributed by atoms with Crippen LogP contribution in [0.4, 0.5) is 0 Å². The Balaban J connectivity index is 0.00000280. The fourth-order valence-corrected chi connectivity index (χ4v) is 3.55. The second kappa shape index (κ2) is 9.71. The van der Waals surface area contributed by atoms with Gasteiger partial charge in [-0.3, -0.25) is 14.3 Å². The van der Waals surface area contributed by atoms with Gasteiger partial charge < -0.3 is 15.4 Å². The molecule has 0 radical (unpaired) electrons. The summed E-state index contributed by atoms with van der Waals surface area (Å²) in [6.45, 7) is 3.55. The maximum Gasteiger partial charge on any atom is 0.314 e. The van der Waals surface area contributed by atoms with Crippen LogP contribution in [0, 0.1) is 12.8 Å². The molecule has 1 aliphatic rings. The Kier molecular flexibility index (Phi) is 7.60. The first kappa shape index (κ1) is 21.9. The highest BCUT2D eigenvalue weighted by atomic mass is 35.5. The first-order chi connectivity index (χ1) is 13.0. The molecule has 0 aliphatic carbocycles. The van der Waals surface area contributed by atoms with E-state index in [2.05, 4.69) is 15.7 Å². The van der Waals surface area contributed by atoms with E-state index < -0.39 is 5.92 Å². The normalized spacial score (nSPS) is 19.5. The Morgan fingerprint density at radius 3 is 2.64 bits per heavy atom. The van der Waals surface area contributed by atoms with Crippen LogP contribution in [0.25, 0.3) is 0 Å². The topological polar surface area (TPSA) is 85.2 Å². The highest BCUT2D eigenvalue weighted by Crippen LogP contribution is 2.28. The predicted octanol–water partition coefficient (Wildman–Crippen LogP) is 1.53. The lowest BCUT2D eigenvalue weighted by Gasteiger charge is -2.20. The molecule has 0 spiro atoms. The molecule has 2 aromatic rings. The van der Waals surface area contributed by atoms with Gasteiger partial charge in [0.05, 0.1) is 25.1 Å². The molecule has 0 saturated carbocycles. The predicted molar refractivity (Wildman–Crippen MR) is 109 cm³/mol. The number of amides is 1. The first-order valence-corrected chi connectivity index (χ1v) is 9.11. The van der Waals surface area contributed by atoms with Crippen molar-refractivity contribution in [3.05, 3.63) is 53.3 Å². The van der Waals surface area contributed by atoms with Gasteiger partial charge in [0, 0.05) is 38.8 Å². The Bertz CT molecular complexity index is 806. The Hall–Kier alpha value is -2.38. The highest BCUT2D eigenvalue weighted by Gasteiger charge is 2.35. The van der Waals surface area contributed by atoms with Gasteiger partial charge in [-0.25, -0.2) is 0 Å². The Morgan fingerprint density at radius 1 is 1.32 bits per heavy atom. The van der Waals surface area contributed by atoms with Gasteiger partial charge in [-0.1, -0.05) is 29.8 Å². The number of nitrogens with one attached hydrogen (secondary N) is 2. The fourth-order valence-electron chi connectivity index (χ4n) is 3.55. The molecule has 2 N–H and O–H groups in total. The number of benzene rings is 1. The molecule has 2 heterocycles. The molecule has 1 aliphatic heterocycles. The number of carbonyl (C=O) groups excluding carboxylic acids is 2. The maximum absolute atomic E-state index is 12.8. The van der Waals surface area contributed by atoms with Gasteiger partial charge in [-0.05, 0) is 18.1 Å². The monoisotopic (exact) mass is 406 g/mol. The number of aromatic nitrogens is 2. The first-order valence-electron chi connectivity index (χ1n) is 9.11. The molecule has 3 rings (SSSR count). The van der Waals surface area contributed by atoms with Crippen molar-refractivity contribution in [3.8, 4) is 0 Å². The van der Waals surface area contributed by atoms with Crippen molar-refractivity contribution in [2.75, 3.05) is 26.7 Å². The van der Waals surface area contributed by atoms with Crippen molar-refractivity contribution in [3.63, 3.8) is 0 Å². The number of rotatable bonds is 6. The van der Waals surface area contributed by atoms with Crippen LogP contribution in [0.5, 0.6) is 0 Å². The van der Waals surface area contributed by atoms with E-state index in [1.54, 1.807) is 4.68 Å². The number of ether oxygens (including phenoxy) is 1. The molecule has 7 nitrogen and oxygen atoms in total. The summed E-state index contributed by atoms with van der Waals surface area (Å²) >= 11 is 0. The second-order valence-corrected chi connectivity index (χ2v) is 7.05. The number of nitrogens with zero attached hydrogens (tertiary/aromatic N) is 2. The maximum atomic E-state index is 12.8. The summed E-state index contributed by atoms with van der Waals surface area (Å²) in [5.41, 5.74) is 2.99. The Labute approximate surface area is 171 Å². The van der Waals surface area contributed by atoms with Crippen molar-refractivity contribution < 1.29 is 14.3 Å². The van der Waals surface area contributed by atoms with E-state index in [4.69, 9.17) is 4.74 Å². The third-order valence-electron chi connectivity index (χ3n) is 5.15. The molecule has 1 fully saturated rings. The SMILES string of the molecule is COC(=O)C(CNC(=O)[C@H]1CNC[C@@H]1c1cnn(C)c1)c1ccc(C)cc1.Cl. The van der Waals surface area contributed by atoms with E-state index in [0.29, 0.717) is 6.54 Å². The summed E-state index contributed by atoms with van der Waals surface area (Å²) in [6.07, 6.45) is 3.75. The number of hydrogen-bond acceptors (Lipinski definition) is 5. The molecule has 1 aromatic heterocycles. The van der Waals surface area contributed by atoms with Crippen molar-refractivity contribution in [1.29, 1.82) is 0 Å². The number of aryl methyl sites for hydroxylation is 2. The summed E-state index contributed by atoms with van der Waals surface area (Å²) in [4.78, 5) is 25.0. The molecule has 0 bridgehead atoms. The highest BCUT2D eigenvalue weighted by molar-refractivity contribution is 5.85. The third kappa shape index (κ3) is 4.91. The molecule has 1 saturated heterocycles. The zero-order valence-corrected chi connectivity index (χ0v) is 17.2. The van der Waals surface area contributed by atoms with Gasteiger partial charge in [0.1, 0.15) is 0 Å². The van der Waals surface area contributed by atoms with E-state index in [-0.39, 0.29) is 42.7 Å². The lowest BCUT2D eigenvalue weighted by Crippen LogP contribution is -2.38. The number of hydrogen-bond donors (Lipinski definition) is 2. The molecule has 28 heavy (non-hydrogen) atoms. The smallest absolute Gasteiger partial charge is 0.314 e. The number of carbonyl (C=O) groups is 2. The van der Waals surface area contributed by atoms with E-state index >= 15 is 0 Å². The average molecular weight is 407 g/mol. The van der Waals surface area contributed by atoms with Crippen molar-refractivity contribution in [1.82, 2.24) is 20.4 Å². The van der Waals surface area contributed by atoms with E-state index in [1.807, 2.05) is 50.6 Å². The molecular formula is C20H27ClN4O3. The van der Waals surface area contributed by atoms with E-state index in [9.17, 15) is 9.59 Å².